The van der Waals surface area contributed by atoms with Gasteiger partial charge in [-0.15, -0.1) is 0 Å². The third-order valence-corrected chi connectivity index (χ3v) is 6.84. The van der Waals surface area contributed by atoms with E-state index in [2.05, 4.69) is 5.32 Å². The van der Waals surface area contributed by atoms with Gasteiger partial charge in [-0.2, -0.15) is 0 Å². The molecule has 1 aliphatic rings. The fourth-order valence-electron chi connectivity index (χ4n) is 4.49. The lowest BCUT2D eigenvalue weighted by atomic mass is 10.1. The van der Waals surface area contributed by atoms with Gasteiger partial charge in [-0.05, 0) is 72.2 Å². The number of benzene rings is 4. The zero-order chi connectivity index (χ0) is 31.1. The van der Waals surface area contributed by atoms with Gasteiger partial charge in [-0.25, -0.2) is 9.69 Å². The first kappa shape index (κ1) is 30.2. The number of nitrogens with one attached hydrogen (secondary N) is 1. The molecule has 0 radical (unpaired) electrons. The van der Waals surface area contributed by atoms with Crippen LogP contribution in [0, 0.1) is 0 Å². The lowest BCUT2D eigenvalue weighted by Gasteiger charge is -2.26. The third kappa shape index (κ3) is 7.02. The highest BCUT2D eigenvalue weighted by Crippen LogP contribution is 2.33. The highest BCUT2D eigenvalue weighted by atomic mass is 35.5. The summed E-state index contributed by atoms with van der Waals surface area (Å²) < 4.78 is 23.4. The van der Waals surface area contributed by atoms with Gasteiger partial charge < -0.3 is 18.9 Å². The summed E-state index contributed by atoms with van der Waals surface area (Å²) in [7, 11) is 1.58. The van der Waals surface area contributed by atoms with Gasteiger partial charge in [-0.1, -0.05) is 60.1 Å². The molecule has 1 heterocycles. The lowest BCUT2D eigenvalue weighted by molar-refractivity contribution is -0.122. The van der Waals surface area contributed by atoms with Crippen LogP contribution in [0.5, 0.6) is 23.0 Å². The van der Waals surface area contributed by atoms with Crippen LogP contribution in [0.3, 0.4) is 0 Å². The molecule has 1 aliphatic heterocycles. The Morgan fingerprint density at radius 1 is 0.750 bits per heavy atom. The van der Waals surface area contributed by atoms with E-state index in [1.54, 1.807) is 43.5 Å². The van der Waals surface area contributed by atoms with Crippen LogP contribution < -0.4 is 29.2 Å². The van der Waals surface area contributed by atoms with Crippen molar-refractivity contribution in [2.24, 2.45) is 0 Å². The molecule has 0 aromatic heterocycles. The van der Waals surface area contributed by atoms with E-state index in [0.29, 0.717) is 46.8 Å². The van der Waals surface area contributed by atoms with Crippen LogP contribution in [0.15, 0.2) is 96.6 Å². The summed E-state index contributed by atoms with van der Waals surface area (Å²) in [5, 5.41) is 2.55. The van der Waals surface area contributed by atoms with Crippen molar-refractivity contribution in [2.75, 3.05) is 18.6 Å². The molecule has 0 unspecified atom stereocenters. The van der Waals surface area contributed by atoms with Crippen molar-refractivity contribution >= 4 is 41.2 Å². The summed E-state index contributed by atoms with van der Waals surface area (Å²) in [5.41, 5.74) is 2.41. The Labute approximate surface area is 259 Å². The van der Waals surface area contributed by atoms with Gasteiger partial charge in [0.15, 0.2) is 23.0 Å². The van der Waals surface area contributed by atoms with Gasteiger partial charge in [0.05, 0.1) is 19.4 Å². The number of amides is 4. The van der Waals surface area contributed by atoms with Crippen LogP contribution in [-0.2, 0) is 22.8 Å². The first-order valence-corrected chi connectivity index (χ1v) is 14.1. The Kier molecular flexibility index (Phi) is 9.46. The minimum atomic E-state index is -0.856. The van der Waals surface area contributed by atoms with E-state index in [4.69, 9.17) is 30.5 Å². The van der Waals surface area contributed by atoms with Crippen LogP contribution in [0.2, 0.25) is 5.02 Å². The summed E-state index contributed by atoms with van der Waals surface area (Å²) >= 11 is 6.05. The zero-order valence-electron chi connectivity index (χ0n) is 24.0. The van der Waals surface area contributed by atoms with Gasteiger partial charge in [0.1, 0.15) is 18.8 Å². The van der Waals surface area contributed by atoms with Crippen LogP contribution in [-0.4, -0.2) is 31.6 Å². The number of urea groups is 1. The first-order chi connectivity index (χ1) is 21.4. The molecule has 0 aliphatic carbocycles. The van der Waals surface area contributed by atoms with Crippen molar-refractivity contribution in [3.63, 3.8) is 0 Å². The minimum Gasteiger partial charge on any atom is -0.493 e. The average Bonchev–Trinajstić information content (AvgIpc) is 3.02. The molecule has 4 aromatic rings. The number of nitrogens with zero attached hydrogens (tertiary/aromatic N) is 1. The summed E-state index contributed by atoms with van der Waals surface area (Å²) in [6.45, 7) is 2.82. The molecule has 1 fully saturated rings. The number of hydrogen-bond donors (Lipinski definition) is 1. The van der Waals surface area contributed by atoms with Crippen LogP contribution in [0.4, 0.5) is 10.5 Å². The molecule has 4 amide bonds. The molecular weight excluding hydrogens is 584 g/mol. The maximum absolute atomic E-state index is 13.2. The molecule has 4 aromatic carbocycles. The number of carbonyl (C=O) groups excluding carboxylic acids is 3. The minimum absolute atomic E-state index is 0.216. The van der Waals surface area contributed by atoms with Gasteiger partial charge in [-0.3, -0.25) is 14.9 Å². The van der Waals surface area contributed by atoms with Gasteiger partial charge in [0.2, 0.25) is 0 Å². The fourth-order valence-corrected chi connectivity index (χ4v) is 4.68. The molecule has 0 spiro atoms. The van der Waals surface area contributed by atoms with E-state index in [0.717, 1.165) is 16.0 Å². The largest absolute Gasteiger partial charge is 0.493 e. The second kappa shape index (κ2) is 13.8. The SMILES string of the molecule is CCOc1cc(/C=C2\C(=O)NC(=O)N(c3cccc(Cl)c3)C2=O)ccc1OCc1ccc(OCc2ccccc2)c(OC)c1. The smallest absolute Gasteiger partial charge is 0.335 e. The highest BCUT2D eigenvalue weighted by Gasteiger charge is 2.37. The number of anilines is 1. The number of rotatable bonds is 11. The molecule has 224 valence electrons. The molecule has 1 saturated heterocycles. The summed E-state index contributed by atoms with van der Waals surface area (Å²) in [6.07, 6.45) is 1.40. The van der Waals surface area contributed by atoms with Crippen molar-refractivity contribution in [3.05, 3.63) is 118 Å². The van der Waals surface area contributed by atoms with E-state index < -0.39 is 17.8 Å². The Balaban J connectivity index is 1.32. The normalized spacial score (nSPS) is 13.9. The Hall–Kier alpha value is -5.28. The summed E-state index contributed by atoms with van der Waals surface area (Å²) in [6, 6.07) is 25.9. The topological polar surface area (TPSA) is 103 Å². The van der Waals surface area contributed by atoms with E-state index in [1.807, 2.05) is 55.5 Å². The molecule has 10 heteroatoms. The van der Waals surface area contributed by atoms with Crippen molar-refractivity contribution in [1.82, 2.24) is 5.32 Å². The number of carbonyl (C=O) groups is 3. The summed E-state index contributed by atoms with van der Waals surface area (Å²) in [5.74, 6) is 0.501. The van der Waals surface area contributed by atoms with Crippen molar-refractivity contribution in [1.29, 1.82) is 0 Å². The van der Waals surface area contributed by atoms with Gasteiger partial charge in [0.25, 0.3) is 11.8 Å². The van der Waals surface area contributed by atoms with E-state index in [-0.39, 0.29) is 17.9 Å². The standard InChI is InChI=1S/C34H29ClN2O7/c1-3-42-31-17-23(16-27-32(38)36-34(40)37(33(27)39)26-11-7-10-25(35)19-26)12-14-29(31)44-21-24-13-15-28(30(18-24)41-2)43-20-22-8-5-4-6-9-22/h4-19H,3,20-21H2,1-2H3,(H,36,38,40)/b27-16+. The van der Waals surface area contributed by atoms with Crippen LogP contribution in [0.1, 0.15) is 23.6 Å². The second-order valence-electron chi connectivity index (χ2n) is 9.63. The average molecular weight is 613 g/mol. The quantitative estimate of drug-likeness (QED) is 0.151. The Morgan fingerprint density at radius 2 is 1.48 bits per heavy atom. The zero-order valence-corrected chi connectivity index (χ0v) is 24.8. The van der Waals surface area contributed by atoms with Gasteiger partial charge >= 0.3 is 6.03 Å². The predicted molar refractivity (Wildman–Crippen MR) is 166 cm³/mol. The van der Waals surface area contributed by atoms with Crippen molar-refractivity contribution < 1.29 is 33.3 Å². The number of halogens is 1. The van der Waals surface area contributed by atoms with E-state index >= 15 is 0 Å². The van der Waals surface area contributed by atoms with Crippen molar-refractivity contribution in [2.45, 2.75) is 20.1 Å². The van der Waals surface area contributed by atoms with E-state index in [1.165, 1.54) is 12.1 Å². The molecule has 5 rings (SSSR count). The summed E-state index contributed by atoms with van der Waals surface area (Å²) in [4.78, 5) is 39.3. The van der Waals surface area contributed by atoms with Crippen molar-refractivity contribution in [3.8, 4) is 23.0 Å². The van der Waals surface area contributed by atoms with Crippen LogP contribution in [0.25, 0.3) is 6.08 Å². The van der Waals surface area contributed by atoms with E-state index in [9.17, 15) is 14.4 Å². The molecule has 44 heavy (non-hydrogen) atoms. The number of hydrogen-bond acceptors (Lipinski definition) is 7. The first-order valence-electron chi connectivity index (χ1n) is 13.8. The Morgan fingerprint density at radius 3 is 2.20 bits per heavy atom. The maximum atomic E-state index is 13.2. The molecule has 1 N–H and O–H groups in total. The van der Waals surface area contributed by atoms with Crippen LogP contribution >= 0.6 is 11.6 Å². The monoisotopic (exact) mass is 612 g/mol. The predicted octanol–water partition coefficient (Wildman–Crippen LogP) is 6.57. The molecular formula is C34H29ClN2O7. The molecule has 0 atom stereocenters. The lowest BCUT2D eigenvalue weighted by Crippen LogP contribution is -2.54. The maximum Gasteiger partial charge on any atom is 0.335 e. The number of barbiturate groups is 1. The van der Waals surface area contributed by atoms with Gasteiger partial charge in [0, 0.05) is 5.02 Å². The fraction of sp³-hybridized carbons (Fsp3) is 0.147. The molecule has 0 bridgehead atoms. The number of methoxy groups -OCH3 is 1. The third-order valence-electron chi connectivity index (χ3n) is 6.61. The Bertz CT molecular complexity index is 1720. The molecule has 9 nitrogen and oxygen atoms in total. The number of imide groups is 2. The number of ether oxygens (including phenoxy) is 4. The highest BCUT2D eigenvalue weighted by molar-refractivity contribution is 6.39. The molecule has 0 saturated carbocycles. The second-order valence-corrected chi connectivity index (χ2v) is 10.1.